The van der Waals surface area contributed by atoms with Crippen molar-refractivity contribution in [2.45, 2.75) is 39.8 Å². The first-order valence-electron chi connectivity index (χ1n) is 7.40. The molecule has 2 N–H and O–H groups in total. The zero-order chi connectivity index (χ0) is 15.4. The molecular weight excluding hydrogens is 264 g/mol. The monoisotopic (exact) mass is 288 g/mol. The van der Waals surface area contributed by atoms with Crippen LogP contribution in [0.15, 0.2) is 24.3 Å². The molecular formula is C16H24N4O. The summed E-state index contributed by atoms with van der Waals surface area (Å²) in [6, 6.07) is 8.60. The normalized spacial score (nSPS) is 11.8. The molecule has 2 aromatic rings. The fourth-order valence-corrected chi connectivity index (χ4v) is 2.46. The van der Waals surface area contributed by atoms with Crippen molar-refractivity contribution in [3.05, 3.63) is 24.3 Å². The summed E-state index contributed by atoms with van der Waals surface area (Å²) >= 11 is 0. The van der Waals surface area contributed by atoms with Gasteiger partial charge in [-0.2, -0.15) is 0 Å². The fraction of sp³-hybridized carbons (Fsp3) is 0.500. The average molecular weight is 288 g/mol. The number of anilines is 1. The number of ether oxygens (including phenoxy) is 1. The predicted octanol–water partition coefficient (Wildman–Crippen LogP) is 2.71. The molecule has 0 spiro atoms. The summed E-state index contributed by atoms with van der Waals surface area (Å²) in [7, 11) is 0. The molecule has 0 radical (unpaired) electrons. The van der Waals surface area contributed by atoms with Crippen molar-refractivity contribution in [3.63, 3.8) is 0 Å². The Hall–Kier alpha value is -1.88. The summed E-state index contributed by atoms with van der Waals surface area (Å²) in [5.74, 6) is 0.760. The first-order valence-corrected chi connectivity index (χ1v) is 7.40. The fourth-order valence-electron chi connectivity index (χ4n) is 2.46. The van der Waals surface area contributed by atoms with E-state index in [1.807, 2.05) is 24.3 Å². The van der Waals surface area contributed by atoms with Gasteiger partial charge >= 0.3 is 0 Å². The molecule has 0 aliphatic heterocycles. The van der Waals surface area contributed by atoms with Crippen LogP contribution in [-0.2, 0) is 0 Å². The van der Waals surface area contributed by atoms with E-state index in [1.54, 1.807) is 0 Å². The maximum Gasteiger partial charge on any atom is 0.257 e. The van der Waals surface area contributed by atoms with E-state index in [0.29, 0.717) is 30.4 Å². The Morgan fingerprint density at radius 1 is 1.05 bits per heavy atom. The minimum absolute atomic E-state index is 0.342. The number of nitrogens with two attached hydrogens (primary N) is 1. The molecule has 0 aliphatic carbocycles. The highest BCUT2D eigenvalue weighted by Crippen LogP contribution is 2.20. The molecule has 0 fully saturated rings. The Morgan fingerprint density at radius 2 is 1.62 bits per heavy atom. The molecule has 0 atom stereocenters. The second kappa shape index (κ2) is 6.72. The van der Waals surface area contributed by atoms with Crippen molar-refractivity contribution >= 4 is 16.9 Å². The lowest BCUT2D eigenvalue weighted by molar-refractivity contribution is 0.140. The van der Waals surface area contributed by atoms with Gasteiger partial charge in [0.15, 0.2) is 5.82 Å². The predicted molar refractivity (Wildman–Crippen MR) is 86.4 cm³/mol. The summed E-state index contributed by atoms with van der Waals surface area (Å²) in [5.41, 5.74) is 7.49. The molecule has 1 aromatic heterocycles. The molecule has 1 heterocycles. The first kappa shape index (κ1) is 15.5. The van der Waals surface area contributed by atoms with E-state index in [2.05, 4.69) is 42.6 Å². The molecule has 114 valence electrons. The second-order valence-corrected chi connectivity index (χ2v) is 5.68. The van der Waals surface area contributed by atoms with Gasteiger partial charge in [-0.15, -0.1) is 0 Å². The first-order chi connectivity index (χ1) is 9.99. The summed E-state index contributed by atoms with van der Waals surface area (Å²) in [6.07, 6.45) is 0. The topological polar surface area (TPSA) is 64.3 Å². The standard InChI is InChI=1S/C16H24N4O/c1-11(2)20(12(3)4)9-10-21-16-15(17)18-13-7-5-6-8-14(13)19-16/h5-8,11-12H,9-10H2,1-4H3,(H2,17,18). The van der Waals surface area contributed by atoms with Crippen LogP contribution in [0, 0.1) is 0 Å². The van der Waals surface area contributed by atoms with Crippen LogP contribution < -0.4 is 10.5 Å². The quantitative estimate of drug-likeness (QED) is 0.885. The molecule has 0 bridgehead atoms. The van der Waals surface area contributed by atoms with Crippen LogP contribution in [0.4, 0.5) is 5.82 Å². The number of rotatable bonds is 6. The SMILES string of the molecule is CC(C)N(CCOc1nc2ccccc2nc1N)C(C)C. The molecule has 2 rings (SSSR count). The maximum atomic E-state index is 5.91. The van der Waals surface area contributed by atoms with Gasteiger partial charge in [-0.3, -0.25) is 4.90 Å². The summed E-state index contributed by atoms with van der Waals surface area (Å²) in [4.78, 5) is 11.1. The van der Waals surface area contributed by atoms with E-state index in [0.717, 1.165) is 17.6 Å². The van der Waals surface area contributed by atoms with Crippen molar-refractivity contribution in [2.75, 3.05) is 18.9 Å². The number of para-hydroxylation sites is 2. The van der Waals surface area contributed by atoms with Gasteiger partial charge in [-0.1, -0.05) is 12.1 Å². The van der Waals surface area contributed by atoms with Crippen molar-refractivity contribution in [2.24, 2.45) is 0 Å². The maximum absolute atomic E-state index is 5.91. The number of hydrogen-bond acceptors (Lipinski definition) is 5. The van der Waals surface area contributed by atoms with Crippen LogP contribution in [0.3, 0.4) is 0 Å². The summed E-state index contributed by atoms with van der Waals surface area (Å²) in [5, 5.41) is 0. The molecule has 0 unspecified atom stereocenters. The van der Waals surface area contributed by atoms with E-state index in [4.69, 9.17) is 10.5 Å². The number of hydrogen-bond donors (Lipinski definition) is 1. The molecule has 0 aliphatic rings. The lowest BCUT2D eigenvalue weighted by atomic mass is 10.2. The highest BCUT2D eigenvalue weighted by Gasteiger charge is 2.14. The Bertz CT molecular complexity index is 590. The van der Waals surface area contributed by atoms with Crippen molar-refractivity contribution < 1.29 is 4.74 Å². The van der Waals surface area contributed by atoms with Gasteiger partial charge < -0.3 is 10.5 Å². The van der Waals surface area contributed by atoms with Gasteiger partial charge in [0.1, 0.15) is 6.61 Å². The van der Waals surface area contributed by atoms with Crippen LogP contribution >= 0.6 is 0 Å². The van der Waals surface area contributed by atoms with Crippen LogP contribution in [0.5, 0.6) is 5.88 Å². The van der Waals surface area contributed by atoms with E-state index in [9.17, 15) is 0 Å². The lowest BCUT2D eigenvalue weighted by Crippen LogP contribution is -2.39. The third-order valence-electron chi connectivity index (χ3n) is 3.48. The Morgan fingerprint density at radius 3 is 2.19 bits per heavy atom. The van der Waals surface area contributed by atoms with Crippen molar-refractivity contribution in [3.8, 4) is 5.88 Å². The molecule has 0 saturated heterocycles. The molecule has 0 saturated carbocycles. The summed E-state index contributed by atoms with van der Waals surface area (Å²) in [6.45, 7) is 10.1. The number of nitrogen functional groups attached to an aromatic ring is 1. The molecule has 21 heavy (non-hydrogen) atoms. The smallest absolute Gasteiger partial charge is 0.257 e. The Labute approximate surface area is 126 Å². The van der Waals surface area contributed by atoms with Gasteiger partial charge in [-0.25, -0.2) is 9.97 Å². The lowest BCUT2D eigenvalue weighted by Gasteiger charge is -2.30. The molecule has 0 amide bonds. The van der Waals surface area contributed by atoms with Crippen LogP contribution in [0.2, 0.25) is 0 Å². The number of benzene rings is 1. The molecule has 5 heteroatoms. The van der Waals surface area contributed by atoms with E-state index in [1.165, 1.54) is 0 Å². The van der Waals surface area contributed by atoms with E-state index < -0.39 is 0 Å². The highest BCUT2D eigenvalue weighted by molar-refractivity contribution is 5.76. The third kappa shape index (κ3) is 3.82. The van der Waals surface area contributed by atoms with Crippen LogP contribution in [-0.4, -0.2) is 40.1 Å². The summed E-state index contributed by atoms with van der Waals surface area (Å²) < 4.78 is 5.74. The minimum Gasteiger partial charge on any atom is -0.474 e. The number of fused-ring (bicyclic) bond motifs is 1. The number of aromatic nitrogens is 2. The molecule has 1 aromatic carbocycles. The van der Waals surface area contributed by atoms with Gasteiger partial charge in [0.25, 0.3) is 5.88 Å². The van der Waals surface area contributed by atoms with Crippen molar-refractivity contribution in [1.82, 2.24) is 14.9 Å². The van der Waals surface area contributed by atoms with Gasteiger partial charge in [0.2, 0.25) is 0 Å². The largest absolute Gasteiger partial charge is 0.474 e. The zero-order valence-electron chi connectivity index (χ0n) is 13.2. The molecule has 5 nitrogen and oxygen atoms in total. The van der Waals surface area contributed by atoms with Gasteiger partial charge in [0, 0.05) is 18.6 Å². The van der Waals surface area contributed by atoms with Gasteiger partial charge in [0.05, 0.1) is 11.0 Å². The second-order valence-electron chi connectivity index (χ2n) is 5.68. The van der Waals surface area contributed by atoms with E-state index in [-0.39, 0.29) is 0 Å². The Balaban J connectivity index is 2.04. The Kier molecular flexibility index (Phi) is 4.96. The van der Waals surface area contributed by atoms with Gasteiger partial charge in [-0.05, 0) is 39.8 Å². The average Bonchev–Trinajstić information content (AvgIpc) is 2.43. The van der Waals surface area contributed by atoms with Crippen LogP contribution in [0.25, 0.3) is 11.0 Å². The minimum atomic E-state index is 0.342. The van der Waals surface area contributed by atoms with Crippen molar-refractivity contribution in [1.29, 1.82) is 0 Å². The highest BCUT2D eigenvalue weighted by atomic mass is 16.5. The third-order valence-corrected chi connectivity index (χ3v) is 3.48. The zero-order valence-corrected chi connectivity index (χ0v) is 13.2. The van der Waals surface area contributed by atoms with E-state index >= 15 is 0 Å². The van der Waals surface area contributed by atoms with Crippen LogP contribution in [0.1, 0.15) is 27.7 Å². The number of nitrogens with zero attached hydrogens (tertiary/aromatic N) is 3.